The number of hydrogen-bond donors (Lipinski definition) is 1. The van der Waals surface area contributed by atoms with Gasteiger partial charge in [-0.25, -0.2) is 0 Å². The Morgan fingerprint density at radius 1 is 1.08 bits per heavy atom. The molecule has 13 heavy (non-hydrogen) atoms. The molecule has 0 atom stereocenters. The molecule has 0 aliphatic heterocycles. The summed E-state index contributed by atoms with van der Waals surface area (Å²) in [5.74, 6) is 1.08. The fraction of sp³-hybridized carbons (Fsp3) is 1.00. The lowest BCUT2D eigenvalue weighted by Gasteiger charge is -2.21. The SMILES string of the molecule is CNCCCCC1CCCCC1.Cl. The van der Waals surface area contributed by atoms with Gasteiger partial charge in [-0.2, -0.15) is 0 Å². The Kier molecular flexibility index (Phi) is 9.00. The van der Waals surface area contributed by atoms with Crippen LogP contribution in [0, 0.1) is 5.92 Å². The van der Waals surface area contributed by atoms with Gasteiger partial charge in [-0.15, -0.1) is 12.4 Å². The topological polar surface area (TPSA) is 12.0 Å². The van der Waals surface area contributed by atoms with Gasteiger partial charge < -0.3 is 5.32 Å². The molecular formula is C11H24ClN. The van der Waals surface area contributed by atoms with Gasteiger partial charge in [0.05, 0.1) is 0 Å². The second-order valence-electron chi connectivity index (χ2n) is 4.10. The summed E-state index contributed by atoms with van der Waals surface area (Å²) < 4.78 is 0. The predicted molar refractivity (Wildman–Crippen MR) is 61.6 cm³/mol. The van der Waals surface area contributed by atoms with Gasteiger partial charge >= 0.3 is 0 Å². The van der Waals surface area contributed by atoms with Gasteiger partial charge in [0.1, 0.15) is 0 Å². The molecule has 0 heterocycles. The van der Waals surface area contributed by atoms with Crippen molar-refractivity contribution >= 4 is 12.4 Å². The molecule has 2 heteroatoms. The van der Waals surface area contributed by atoms with Crippen molar-refractivity contribution in [3.63, 3.8) is 0 Å². The minimum absolute atomic E-state index is 0. The van der Waals surface area contributed by atoms with Crippen LogP contribution in [-0.4, -0.2) is 13.6 Å². The second-order valence-corrected chi connectivity index (χ2v) is 4.10. The number of rotatable bonds is 5. The van der Waals surface area contributed by atoms with Gasteiger partial charge in [-0.3, -0.25) is 0 Å². The van der Waals surface area contributed by atoms with E-state index in [0.29, 0.717) is 0 Å². The highest BCUT2D eigenvalue weighted by atomic mass is 35.5. The Morgan fingerprint density at radius 2 is 1.77 bits per heavy atom. The van der Waals surface area contributed by atoms with Crippen molar-refractivity contribution in [2.45, 2.75) is 51.4 Å². The largest absolute Gasteiger partial charge is 0.320 e. The van der Waals surface area contributed by atoms with E-state index in [9.17, 15) is 0 Å². The Bertz CT molecular complexity index is 100. The average Bonchev–Trinajstić information content (AvgIpc) is 2.14. The van der Waals surface area contributed by atoms with E-state index in [2.05, 4.69) is 5.32 Å². The monoisotopic (exact) mass is 205 g/mol. The highest BCUT2D eigenvalue weighted by molar-refractivity contribution is 5.85. The van der Waals surface area contributed by atoms with Crippen LogP contribution in [0.2, 0.25) is 0 Å². The van der Waals surface area contributed by atoms with Crippen LogP contribution in [-0.2, 0) is 0 Å². The van der Waals surface area contributed by atoms with Gasteiger partial charge in [0.15, 0.2) is 0 Å². The van der Waals surface area contributed by atoms with Crippen molar-refractivity contribution in [1.82, 2.24) is 5.32 Å². The first kappa shape index (κ1) is 13.2. The maximum Gasteiger partial charge on any atom is -0.00519 e. The van der Waals surface area contributed by atoms with Gasteiger partial charge in [-0.05, 0) is 25.9 Å². The summed E-state index contributed by atoms with van der Waals surface area (Å²) in [5.41, 5.74) is 0. The van der Waals surface area contributed by atoms with E-state index >= 15 is 0 Å². The Morgan fingerprint density at radius 3 is 2.38 bits per heavy atom. The molecule has 1 saturated carbocycles. The molecule has 0 amide bonds. The zero-order valence-electron chi connectivity index (χ0n) is 8.85. The number of halogens is 1. The number of nitrogens with one attached hydrogen (secondary N) is 1. The van der Waals surface area contributed by atoms with Crippen molar-refractivity contribution < 1.29 is 0 Å². The van der Waals surface area contributed by atoms with Gasteiger partial charge in [0, 0.05) is 0 Å². The quantitative estimate of drug-likeness (QED) is 0.679. The normalized spacial score (nSPS) is 18.2. The van der Waals surface area contributed by atoms with Gasteiger partial charge in [0.25, 0.3) is 0 Å². The smallest absolute Gasteiger partial charge is 0.00519 e. The van der Waals surface area contributed by atoms with Crippen LogP contribution in [0.4, 0.5) is 0 Å². The van der Waals surface area contributed by atoms with Crippen LogP contribution in [0.5, 0.6) is 0 Å². The van der Waals surface area contributed by atoms with Crippen LogP contribution >= 0.6 is 12.4 Å². The third kappa shape index (κ3) is 6.34. The van der Waals surface area contributed by atoms with Crippen LogP contribution in [0.15, 0.2) is 0 Å². The molecule has 1 aliphatic carbocycles. The summed E-state index contributed by atoms with van der Waals surface area (Å²) in [7, 11) is 2.04. The van der Waals surface area contributed by atoms with Crippen molar-refractivity contribution in [1.29, 1.82) is 0 Å². The average molecular weight is 206 g/mol. The minimum Gasteiger partial charge on any atom is -0.320 e. The third-order valence-corrected chi connectivity index (χ3v) is 3.01. The molecule has 0 aromatic carbocycles. The summed E-state index contributed by atoms with van der Waals surface area (Å²) in [4.78, 5) is 0. The molecule has 0 unspecified atom stereocenters. The lowest BCUT2D eigenvalue weighted by molar-refractivity contribution is 0.329. The lowest BCUT2D eigenvalue weighted by Crippen LogP contribution is -2.09. The first-order chi connectivity index (χ1) is 5.93. The van der Waals surface area contributed by atoms with Crippen molar-refractivity contribution in [2.24, 2.45) is 5.92 Å². The highest BCUT2D eigenvalue weighted by Gasteiger charge is 2.11. The van der Waals surface area contributed by atoms with E-state index in [1.807, 2.05) is 7.05 Å². The zero-order chi connectivity index (χ0) is 8.65. The summed E-state index contributed by atoms with van der Waals surface area (Å²) >= 11 is 0. The molecule has 0 aromatic heterocycles. The molecule has 0 spiro atoms. The second kappa shape index (κ2) is 8.83. The first-order valence-corrected chi connectivity index (χ1v) is 5.58. The highest BCUT2D eigenvalue weighted by Crippen LogP contribution is 2.27. The van der Waals surface area contributed by atoms with Gasteiger partial charge in [-0.1, -0.05) is 44.9 Å². The Balaban J connectivity index is 0.00000144. The maximum absolute atomic E-state index is 3.21. The van der Waals surface area contributed by atoms with Crippen LogP contribution < -0.4 is 5.32 Å². The molecule has 1 rings (SSSR count). The zero-order valence-corrected chi connectivity index (χ0v) is 9.67. The molecule has 0 aromatic rings. The third-order valence-electron chi connectivity index (χ3n) is 3.01. The number of hydrogen-bond acceptors (Lipinski definition) is 1. The fourth-order valence-corrected chi connectivity index (χ4v) is 2.21. The van der Waals surface area contributed by atoms with E-state index in [4.69, 9.17) is 0 Å². The summed E-state index contributed by atoms with van der Waals surface area (Å²) in [5, 5.41) is 3.21. The Labute approximate surface area is 89.1 Å². The molecule has 1 N–H and O–H groups in total. The minimum atomic E-state index is 0. The molecule has 1 fully saturated rings. The lowest BCUT2D eigenvalue weighted by atomic mass is 9.86. The van der Waals surface area contributed by atoms with E-state index < -0.39 is 0 Å². The molecular weight excluding hydrogens is 182 g/mol. The Hall–Kier alpha value is 0.250. The molecule has 0 radical (unpaired) electrons. The maximum atomic E-state index is 3.21. The van der Waals surface area contributed by atoms with Crippen molar-refractivity contribution in [2.75, 3.05) is 13.6 Å². The van der Waals surface area contributed by atoms with Crippen LogP contribution in [0.3, 0.4) is 0 Å². The molecule has 80 valence electrons. The van der Waals surface area contributed by atoms with E-state index in [0.717, 1.165) is 5.92 Å². The van der Waals surface area contributed by atoms with Crippen molar-refractivity contribution in [3.05, 3.63) is 0 Å². The first-order valence-electron chi connectivity index (χ1n) is 5.58. The summed E-state index contributed by atoms with van der Waals surface area (Å²) in [6.45, 7) is 1.20. The van der Waals surface area contributed by atoms with Gasteiger partial charge in [0.2, 0.25) is 0 Å². The van der Waals surface area contributed by atoms with Crippen LogP contribution in [0.25, 0.3) is 0 Å². The van der Waals surface area contributed by atoms with Crippen LogP contribution in [0.1, 0.15) is 51.4 Å². The summed E-state index contributed by atoms with van der Waals surface area (Å²) in [6, 6.07) is 0. The molecule has 1 aliphatic rings. The molecule has 1 nitrogen and oxygen atoms in total. The number of unbranched alkanes of at least 4 members (excludes halogenated alkanes) is 1. The standard InChI is InChI=1S/C11H23N.ClH/c1-12-10-6-5-9-11-7-3-2-4-8-11;/h11-12H,2-10H2,1H3;1H. The van der Waals surface area contributed by atoms with E-state index in [1.165, 1.54) is 57.9 Å². The molecule has 0 bridgehead atoms. The van der Waals surface area contributed by atoms with E-state index in [1.54, 1.807) is 0 Å². The predicted octanol–water partition coefficient (Wildman–Crippen LogP) is 3.38. The molecule has 0 saturated heterocycles. The van der Waals surface area contributed by atoms with Crippen molar-refractivity contribution in [3.8, 4) is 0 Å². The fourth-order valence-electron chi connectivity index (χ4n) is 2.21. The van der Waals surface area contributed by atoms with E-state index in [-0.39, 0.29) is 12.4 Å². The summed E-state index contributed by atoms with van der Waals surface area (Å²) in [6.07, 6.45) is 11.8.